The molecule has 1 aliphatic rings. The molecule has 0 spiro atoms. The van der Waals surface area contributed by atoms with Gasteiger partial charge in [-0.15, -0.1) is 0 Å². The number of nitrogens with one attached hydrogen (secondary N) is 1. The predicted molar refractivity (Wildman–Crippen MR) is 98.9 cm³/mol. The first-order valence-electron chi connectivity index (χ1n) is 8.61. The number of primary amides is 1. The molecular weight excluding hydrogens is 314 g/mol. The number of amides is 1. The second kappa shape index (κ2) is 8.09. The highest BCUT2D eigenvalue weighted by Gasteiger charge is 2.24. The summed E-state index contributed by atoms with van der Waals surface area (Å²) in [7, 11) is 1.81. The summed E-state index contributed by atoms with van der Waals surface area (Å²) in [5.41, 5.74) is 7.90. The van der Waals surface area contributed by atoms with Gasteiger partial charge >= 0.3 is 0 Å². The molecule has 0 saturated carbocycles. The van der Waals surface area contributed by atoms with E-state index in [1.807, 2.05) is 31.4 Å². The van der Waals surface area contributed by atoms with Crippen LogP contribution in [0, 0.1) is 0 Å². The Kier molecular flexibility index (Phi) is 5.63. The minimum absolute atomic E-state index is 0.379. The smallest absolute Gasteiger partial charge is 0.269 e. The molecular formula is C19H25N5O. The Balaban J connectivity index is 1.46. The maximum absolute atomic E-state index is 11.5. The van der Waals surface area contributed by atoms with Gasteiger partial charge in [-0.05, 0) is 12.0 Å². The quantitative estimate of drug-likeness (QED) is 0.799. The fourth-order valence-corrected chi connectivity index (χ4v) is 3.24. The van der Waals surface area contributed by atoms with Gasteiger partial charge in [0.1, 0.15) is 0 Å². The summed E-state index contributed by atoms with van der Waals surface area (Å²) >= 11 is 0. The van der Waals surface area contributed by atoms with Crippen molar-refractivity contribution in [3.05, 3.63) is 59.4 Å². The molecule has 25 heavy (non-hydrogen) atoms. The molecule has 132 valence electrons. The second-order valence-corrected chi connectivity index (χ2v) is 6.48. The van der Waals surface area contributed by atoms with E-state index in [1.165, 1.54) is 5.56 Å². The van der Waals surface area contributed by atoms with Gasteiger partial charge in [-0.1, -0.05) is 42.5 Å². The average molecular weight is 339 g/mol. The summed E-state index contributed by atoms with van der Waals surface area (Å²) in [5, 5.41) is 7.72. The van der Waals surface area contributed by atoms with Crippen molar-refractivity contribution in [2.24, 2.45) is 12.8 Å². The van der Waals surface area contributed by atoms with Crippen molar-refractivity contribution in [1.29, 1.82) is 0 Å². The van der Waals surface area contributed by atoms with E-state index in [9.17, 15) is 4.79 Å². The third-order valence-electron chi connectivity index (χ3n) is 4.44. The lowest BCUT2D eigenvalue weighted by Crippen LogP contribution is -2.32. The Morgan fingerprint density at radius 1 is 1.40 bits per heavy atom. The van der Waals surface area contributed by atoms with Crippen LogP contribution in [0.5, 0.6) is 0 Å². The summed E-state index contributed by atoms with van der Waals surface area (Å²) in [6.07, 6.45) is 7.27. The van der Waals surface area contributed by atoms with Gasteiger partial charge in [-0.3, -0.25) is 14.4 Å². The first kappa shape index (κ1) is 17.4. The van der Waals surface area contributed by atoms with E-state index in [1.54, 1.807) is 4.68 Å². The highest BCUT2D eigenvalue weighted by molar-refractivity contribution is 5.92. The molecule has 0 aliphatic carbocycles. The first-order chi connectivity index (χ1) is 12.1. The molecule has 6 heteroatoms. The summed E-state index contributed by atoms with van der Waals surface area (Å²) in [6.45, 7) is 3.54. The largest absolute Gasteiger partial charge is 0.364 e. The number of nitrogens with two attached hydrogens (primary N) is 1. The molecule has 3 rings (SSSR count). The fourth-order valence-electron chi connectivity index (χ4n) is 3.24. The average Bonchev–Trinajstić information content (AvgIpc) is 3.19. The molecule has 0 radical (unpaired) electrons. The lowest BCUT2D eigenvalue weighted by molar-refractivity contribution is 0.0993. The molecule has 0 bridgehead atoms. The van der Waals surface area contributed by atoms with E-state index in [-0.39, 0.29) is 0 Å². The topological polar surface area (TPSA) is 76.2 Å². The molecule has 1 atom stereocenters. The van der Waals surface area contributed by atoms with E-state index >= 15 is 0 Å². The number of carbonyl (C=O) groups is 1. The molecule has 1 fully saturated rings. The third kappa shape index (κ3) is 4.78. The number of hydrogen-bond donors (Lipinski definition) is 2. The van der Waals surface area contributed by atoms with E-state index in [4.69, 9.17) is 5.73 Å². The van der Waals surface area contributed by atoms with Gasteiger partial charge < -0.3 is 11.1 Å². The third-order valence-corrected chi connectivity index (χ3v) is 4.44. The molecule has 2 heterocycles. The highest BCUT2D eigenvalue weighted by Crippen LogP contribution is 2.15. The summed E-state index contributed by atoms with van der Waals surface area (Å²) in [5.74, 6) is -0.462. The highest BCUT2D eigenvalue weighted by atomic mass is 16.1. The zero-order chi connectivity index (χ0) is 17.6. The normalized spacial score (nSPS) is 18.2. The molecule has 3 N–H and O–H groups in total. The zero-order valence-corrected chi connectivity index (χ0v) is 14.6. The summed E-state index contributed by atoms with van der Waals surface area (Å²) in [4.78, 5) is 13.8. The van der Waals surface area contributed by atoms with Gasteiger partial charge in [0.05, 0.1) is 0 Å². The van der Waals surface area contributed by atoms with E-state index in [2.05, 4.69) is 39.6 Å². The second-order valence-electron chi connectivity index (χ2n) is 6.48. The Morgan fingerprint density at radius 2 is 2.20 bits per heavy atom. The van der Waals surface area contributed by atoms with Gasteiger partial charge in [0.15, 0.2) is 5.69 Å². The fraction of sp³-hybridized carbons (Fsp3) is 0.368. The predicted octanol–water partition coefficient (Wildman–Crippen LogP) is 1.40. The SMILES string of the molecule is Cn1cc(CN2CCC(NCC=Cc3ccccc3)C2)c(C(N)=O)n1. The molecule has 1 aromatic carbocycles. The van der Waals surface area contributed by atoms with Crippen LogP contribution < -0.4 is 11.1 Å². The summed E-state index contributed by atoms with van der Waals surface area (Å²) in [6, 6.07) is 10.8. The lowest BCUT2D eigenvalue weighted by Gasteiger charge is -2.15. The number of carbonyl (C=O) groups excluding carboxylic acids is 1. The molecule has 1 aliphatic heterocycles. The van der Waals surface area contributed by atoms with Crippen LogP contribution in [-0.2, 0) is 13.6 Å². The van der Waals surface area contributed by atoms with Crippen LogP contribution in [0.1, 0.15) is 28.0 Å². The van der Waals surface area contributed by atoms with Crippen molar-refractivity contribution in [2.45, 2.75) is 19.0 Å². The van der Waals surface area contributed by atoms with Crippen LogP contribution in [0.2, 0.25) is 0 Å². The number of rotatable bonds is 7. The molecule has 6 nitrogen and oxygen atoms in total. The Labute approximate surface area is 148 Å². The van der Waals surface area contributed by atoms with Crippen LogP contribution >= 0.6 is 0 Å². The van der Waals surface area contributed by atoms with Gasteiger partial charge in [0.2, 0.25) is 0 Å². The van der Waals surface area contributed by atoms with Crippen LogP contribution in [0.4, 0.5) is 0 Å². The van der Waals surface area contributed by atoms with Crippen molar-refractivity contribution < 1.29 is 4.79 Å². The van der Waals surface area contributed by atoms with Crippen molar-refractivity contribution in [3.8, 4) is 0 Å². The lowest BCUT2D eigenvalue weighted by atomic mass is 10.2. The van der Waals surface area contributed by atoms with E-state index in [0.717, 1.165) is 31.6 Å². The minimum atomic E-state index is -0.462. The van der Waals surface area contributed by atoms with Gasteiger partial charge in [0.25, 0.3) is 5.91 Å². The van der Waals surface area contributed by atoms with Crippen LogP contribution in [0.3, 0.4) is 0 Å². The number of benzene rings is 1. The van der Waals surface area contributed by atoms with Gasteiger partial charge in [-0.25, -0.2) is 0 Å². The molecule has 1 aromatic heterocycles. The Morgan fingerprint density at radius 3 is 2.96 bits per heavy atom. The van der Waals surface area contributed by atoms with Crippen LogP contribution in [0.25, 0.3) is 6.08 Å². The number of nitrogens with zero attached hydrogens (tertiary/aromatic N) is 3. The van der Waals surface area contributed by atoms with Gasteiger partial charge in [-0.2, -0.15) is 5.10 Å². The molecule has 1 amide bonds. The van der Waals surface area contributed by atoms with Crippen molar-refractivity contribution in [1.82, 2.24) is 20.0 Å². The standard InChI is InChI=1S/C19H25N5O/c1-23-12-16(18(22-23)19(20)25)13-24-11-9-17(14-24)21-10-5-8-15-6-3-2-4-7-15/h2-8,12,17,21H,9-11,13-14H2,1H3,(H2,20,25). The number of hydrogen-bond acceptors (Lipinski definition) is 4. The monoisotopic (exact) mass is 339 g/mol. The Bertz CT molecular complexity index is 738. The Hall–Kier alpha value is -2.44. The van der Waals surface area contributed by atoms with E-state index < -0.39 is 5.91 Å². The van der Waals surface area contributed by atoms with Crippen molar-refractivity contribution in [2.75, 3.05) is 19.6 Å². The number of aryl methyl sites for hydroxylation is 1. The molecule has 2 aromatic rings. The molecule has 1 unspecified atom stereocenters. The first-order valence-corrected chi connectivity index (χ1v) is 8.61. The number of aromatic nitrogens is 2. The minimum Gasteiger partial charge on any atom is -0.364 e. The van der Waals surface area contributed by atoms with Crippen molar-refractivity contribution in [3.63, 3.8) is 0 Å². The van der Waals surface area contributed by atoms with E-state index in [0.29, 0.717) is 18.3 Å². The van der Waals surface area contributed by atoms with Crippen LogP contribution in [-0.4, -0.2) is 46.3 Å². The van der Waals surface area contributed by atoms with Gasteiger partial charge in [0, 0.05) is 51.0 Å². The van der Waals surface area contributed by atoms with Crippen LogP contribution in [0.15, 0.2) is 42.6 Å². The molecule has 1 saturated heterocycles. The number of likely N-dealkylation sites (tertiary alicyclic amines) is 1. The maximum atomic E-state index is 11.5. The van der Waals surface area contributed by atoms with Crippen molar-refractivity contribution >= 4 is 12.0 Å². The summed E-state index contributed by atoms with van der Waals surface area (Å²) < 4.78 is 1.65. The zero-order valence-electron chi connectivity index (χ0n) is 14.6. The maximum Gasteiger partial charge on any atom is 0.269 e.